The van der Waals surface area contributed by atoms with Gasteiger partial charge in [-0.3, -0.25) is 4.98 Å². The molecule has 1 aromatic heterocycles. The lowest BCUT2D eigenvalue weighted by Crippen LogP contribution is -1.90. The first kappa shape index (κ1) is 15.0. The molecular formula is C15H9BrCl2N2S. The fraction of sp³-hybridized carbons (Fsp3) is 0. The van der Waals surface area contributed by atoms with Gasteiger partial charge in [0.1, 0.15) is 0 Å². The average molecular weight is 400 g/mol. The van der Waals surface area contributed by atoms with E-state index in [2.05, 4.69) is 20.9 Å². The topological polar surface area (TPSA) is 38.9 Å². The Labute approximate surface area is 144 Å². The number of anilines is 1. The van der Waals surface area contributed by atoms with Gasteiger partial charge in [-0.25, -0.2) is 0 Å². The molecule has 1 heterocycles. The predicted molar refractivity (Wildman–Crippen MR) is 94.4 cm³/mol. The number of benzene rings is 2. The number of fused-ring (bicyclic) bond motifs is 1. The van der Waals surface area contributed by atoms with E-state index in [9.17, 15) is 0 Å². The Kier molecular flexibility index (Phi) is 4.31. The van der Waals surface area contributed by atoms with Crippen molar-refractivity contribution >= 4 is 67.5 Å². The normalized spacial score (nSPS) is 11.0. The molecule has 2 nitrogen and oxygen atoms in total. The van der Waals surface area contributed by atoms with Gasteiger partial charge >= 0.3 is 0 Å². The summed E-state index contributed by atoms with van der Waals surface area (Å²) in [6, 6.07) is 11.4. The fourth-order valence-corrected chi connectivity index (χ4v) is 3.60. The third kappa shape index (κ3) is 3.14. The number of pyridine rings is 1. The van der Waals surface area contributed by atoms with E-state index >= 15 is 0 Å². The number of hydrogen-bond donors (Lipinski definition) is 1. The zero-order chi connectivity index (χ0) is 15.0. The zero-order valence-corrected chi connectivity index (χ0v) is 14.5. The Bertz CT molecular complexity index is 839. The van der Waals surface area contributed by atoms with Crippen LogP contribution < -0.4 is 5.73 Å². The minimum atomic E-state index is 0.539. The van der Waals surface area contributed by atoms with Crippen LogP contribution >= 0.6 is 50.9 Å². The van der Waals surface area contributed by atoms with Gasteiger partial charge in [-0.2, -0.15) is 0 Å². The average Bonchev–Trinajstić information content (AvgIpc) is 2.46. The lowest BCUT2D eigenvalue weighted by molar-refractivity contribution is 1.33. The molecule has 2 N–H and O–H groups in total. The Morgan fingerprint density at radius 3 is 2.62 bits per heavy atom. The minimum Gasteiger partial charge on any atom is -0.398 e. The number of nitrogens with zero attached hydrogens (tertiary/aromatic N) is 1. The molecule has 0 aliphatic heterocycles. The van der Waals surface area contributed by atoms with E-state index in [0.717, 1.165) is 25.2 Å². The van der Waals surface area contributed by atoms with Crippen molar-refractivity contribution in [1.82, 2.24) is 4.98 Å². The molecule has 0 bridgehead atoms. The van der Waals surface area contributed by atoms with Crippen LogP contribution in [0.5, 0.6) is 0 Å². The van der Waals surface area contributed by atoms with E-state index in [1.807, 2.05) is 30.3 Å². The van der Waals surface area contributed by atoms with Gasteiger partial charge in [-0.1, -0.05) is 35.0 Å². The third-order valence-corrected chi connectivity index (χ3v) is 5.14. The van der Waals surface area contributed by atoms with Gasteiger partial charge in [0.05, 0.1) is 15.6 Å². The van der Waals surface area contributed by atoms with Gasteiger partial charge in [-0.05, 0) is 52.3 Å². The third-order valence-electron chi connectivity index (χ3n) is 2.93. The van der Waals surface area contributed by atoms with Gasteiger partial charge in [0.25, 0.3) is 0 Å². The van der Waals surface area contributed by atoms with E-state index in [4.69, 9.17) is 28.9 Å². The highest BCUT2D eigenvalue weighted by atomic mass is 79.9. The molecule has 0 amide bonds. The van der Waals surface area contributed by atoms with Crippen molar-refractivity contribution in [3.05, 3.63) is 57.1 Å². The smallest absolute Gasteiger partial charge is 0.0862 e. The standard InChI is InChI=1S/C15H9BrCl2N2S/c16-8-5-10-13(19)3-4-14(15(10)20-7-8)21-9-1-2-11(17)12(18)6-9/h1-7H,19H2. The van der Waals surface area contributed by atoms with Crippen LogP contribution in [-0.4, -0.2) is 4.98 Å². The van der Waals surface area contributed by atoms with Crippen molar-refractivity contribution in [3.8, 4) is 0 Å². The van der Waals surface area contributed by atoms with Crippen molar-refractivity contribution in [3.63, 3.8) is 0 Å². The first-order valence-corrected chi connectivity index (χ1v) is 8.38. The van der Waals surface area contributed by atoms with Crippen LogP contribution in [0.25, 0.3) is 10.9 Å². The van der Waals surface area contributed by atoms with E-state index in [-0.39, 0.29) is 0 Å². The van der Waals surface area contributed by atoms with Crippen LogP contribution in [0.4, 0.5) is 5.69 Å². The van der Waals surface area contributed by atoms with Gasteiger partial charge in [0.15, 0.2) is 0 Å². The van der Waals surface area contributed by atoms with Crippen LogP contribution in [0.3, 0.4) is 0 Å². The fourth-order valence-electron chi connectivity index (χ4n) is 1.94. The summed E-state index contributed by atoms with van der Waals surface area (Å²) in [7, 11) is 0. The summed E-state index contributed by atoms with van der Waals surface area (Å²) >= 11 is 17.0. The molecule has 6 heteroatoms. The Balaban J connectivity index is 2.08. The van der Waals surface area contributed by atoms with Crippen LogP contribution in [0.15, 0.2) is 56.9 Å². The Morgan fingerprint density at radius 1 is 1.05 bits per heavy atom. The van der Waals surface area contributed by atoms with E-state index in [1.54, 1.807) is 24.0 Å². The minimum absolute atomic E-state index is 0.539. The molecule has 0 unspecified atom stereocenters. The van der Waals surface area contributed by atoms with Crippen molar-refractivity contribution in [2.75, 3.05) is 5.73 Å². The second kappa shape index (κ2) is 6.05. The highest BCUT2D eigenvalue weighted by Gasteiger charge is 2.09. The van der Waals surface area contributed by atoms with Crippen molar-refractivity contribution in [2.24, 2.45) is 0 Å². The van der Waals surface area contributed by atoms with Gasteiger partial charge in [-0.15, -0.1) is 0 Å². The maximum Gasteiger partial charge on any atom is 0.0862 e. The molecule has 106 valence electrons. The summed E-state index contributed by atoms with van der Waals surface area (Å²) in [6.45, 7) is 0. The number of rotatable bonds is 2. The SMILES string of the molecule is Nc1ccc(Sc2ccc(Cl)c(Cl)c2)c2ncc(Br)cc12. The van der Waals surface area contributed by atoms with Crippen LogP contribution in [0.1, 0.15) is 0 Å². The maximum absolute atomic E-state index is 6.06. The molecule has 21 heavy (non-hydrogen) atoms. The molecule has 0 atom stereocenters. The highest BCUT2D eigenvalue weighted by molar-refractivity contribution is 9.10. The van der Waals surface area contributed by atoms with Crippen LogP contribution in [0.2, 0.25) is 10.0 Å². The largest absolute Gasteiger partial charge is 0.398 e. The molecule has 0 fully saturated rings. The molecule has 0 saturated heterocycles. The lowest BCUT2D eigenvalue weighted by Gasteiger charge is -2.09. The van der Waals surface area contributed by atoms with Crippen molar-refractivity contribution in [2.45, 2.75) is 9.79 Å². The molecule has 3 rings (SSSR count). The van der Waals surface area contributed by atoms with Crippen molar-refractivity contribution < 1.29 is 0 Å². The molecule has 0 aliphatic rings. The van der Waals surface area contributed by atoms with E-state index in [1.165, 1.54) is 0 Å². The lowest BCUT2D eigenvalue weighted by atomic mass is 10.2. The van der Waals surface area contributed by atoms with Gasteiger partial charge in [0, 0.05) is 31.5 Å². The quantitative estimate of drug-likeness (QED) is 0.534. The molecular weight excluding hydrogens is 391 g/mol. The first-order valence-electron chi connectivity index (χ1n) is 6.01. The summed E-state index contributed by atoms with van der Waals surface area (Å²) in [5.74, 6) is 0. The monoisotopic (exact) mass is 398 g/mol. The van der Waals surface area contributed by atoms with Crippen molar-refractivity contribution in [1.29, 1.82) is 0 Å². The van der Waals surface area contributed by atoms with Gasteiger partial charge in [0.2, 0.25) is 0 Å². The Hall–Kier alpha value is -0.940. The first-order chi connectivity index (χ1) is 10.0. The summed E-state index contributed by atoms with van der Waals surface area (Å²) in [5.41, 5.74) is 7.60. The number of aromatic nitrogens is 1. The second-order valence-electron chi connectivity index (χ2n) is 4.38. The summed E-state index contributed by atoms with van der Waals surface area (Å²) < 4.78 is 0.901. The Morgan fingerprint density at radius 2 is 1.86 bits per heavy atom. The van der Waals surface area contributed by atoms with Crippen LogP contribution in [-0.2, 0) is 0 Å². The summed E-state index contributed by atoms with van der Waals surface area (Å²) in [4.78, 5) is 6.49. The van der Waals surface area contributed by atoms with E-state index in [0.29, 0.717) is 15.7 Å². The molecule has 3 aromatic rings. The van der Waals surface area contributed by atoms with Gasteiger partial charge < -0.3 is 5.73 Å². The molecule has 0 radical (unpaired) electrons. The molecule has 0 saturated carbocycles. The molecule has 2 aromatic carbocycles. The summed E-state index contributed by atoms with van der Waals surface area (Å²) in [5, 5.41) is 2.01. The zero-order valence-electron chi connectivity index (χ0n) is 10.6. The number of hydrogen-bond acceptors (Lipinski definition) is 3. The van der Waals surface area contributed by atoms with E-state index < -0.39 is 0 Å². The predicted octanol–water partition coefficient (Wildman–Crippen LogP) is 6.04. The number of nitrogen functional groups attached to an aromatic ring is 1. The number of halogens is 3. The molecule has 0 spiro atoms. The molecule has 0 aliphatic carbocycles. The summed E-state index contributed by atoms with van der Waals surface area (Å²) in [6.07, 6.45) is 1.76. The van der Waals surface area contributed by atoms with Crippen LogP contribution in [0, 0.1) is 0 Å². The highest BCUT2D eigenvalue weighted by Crippen LogP contribution is 2.37. The second-order valence-corrected chi connectivity index (χ2v) is 7.23. The number of nitrogens with two attached hydrogens (primary N) is 1. The maximum atomic E-state index is 6.06.